The molecule has 1 heteroatoms. The molecule has 0 fully saturated rings. The first-order valence-corrected chi connectivity index (χ1v) is 8.37. The molecule has 1 aliphatic carbocycles. The van der Waals surface area contributed by atoms with Gasteiger partial charge in [-0.25, -0.2) is 0 Å². The molecule has 1 aliphatic rings. The molecule has 0 unspecified atom stereocenters. The van der Waals surface area contributed by atoms with Crippen molar-refractivity contribution in [1.29, 1.82) is 0 Å². The molecule has 3 aromatic rings. The van der Waals surface area contributed by atoms with E-state index in [4.69, 9.17) is 0 Å². The molecule has 0 aromatic heterocycles. The minimum atomic E-state index is 0.0409. The largest absolute Gasteiger partial charge is 0.0622 e. The highest BCUT2D eigenvalue weighted by molar-refractivity contribution is 9.10. The van der Waals surface area contributed by atoms with Gasteiger partial charge in [-0.1, -0.05) is 78.3 Å². The van der Waals surface area contributed by atoms with Gasteiger partial charge in [-0.15, -0.1) is 0 Å². The number of hydrogen-bond donors (Lipinski definition) is 0. The summed E-state index contributed by atoms with van der Waals surface area (Å²) in [5.74, 6) is 0. The van der Waals surface area contributed by atoms with Crippen LogP contribution in [0.15, 0.2) is 71.2 Å². The van der Waals surface area contributed by atoms with Gasteiger partial charge < -0.3 is 0 Å². The fourth-order valence-electron chi connectivity index (χ4n) is 3.52. The Kier molecular flexibility index (Phi) is 3.02. The van der Waals surface area contributed by atoms with Gasteiger partial charge in [-0.3, -0.25) is 0 Å². The monoisotopic (exact) mass is 348 g/mol. The molecule has 0 atom stereocenters. The van der Waals surface area contributed by atoms with E-state index in [9.17, 15) is 0 Å². The summed E-state index contributed by atoms with van der Waals surface area (Å²) in [6.45, 7) is 4.64. The lowest BCUT2D eigenvalue weighted by Crippen LogP contribution is -2.15. The van der Waals surface area contributed by atoms with Crippen LogP contribution < -0.4 is 0 Å². The zero-order valence-electron chi connectivity index (χ0n) is 12.7. The van der Waals surface area contributed by atoms with Crippen LogP contribution in [0, 0.1) is 0 Å². The first kappa shape index (κ1) is 13.8. The van der Waals surface area contributed by atoms with E-state index in [-0.39, 0.29) is 5.41 Å². The summed E-state index contributed by atoms with van der Waals surface area (Å²) in [4.78, 5) is 0. The third kappa shape index (κ3) is 1.96. The van der Waals surface area contributed by atoms with Crippen molar-refractivity contribution in [2.75, 3.05) is 0 Å². The van der Waals surface area contributed by atoms with E-state index in [2.05, 4.69) is 96.5 Å². The Bertz CT molecular complexity index is 860. The van der Waals surface area contributed by atoms with E-state index in [0.717, 1.165) is 4.47 Å². The molecule has 0 aliphatic heterocycles. The summed E-state index contributed by atoms with van der Waals surface area (Å²) in [6, 6.07) is 24.1. The lowest BCUT2D eigenvalue weighted by molar-refractivity contribution is 0.660. The maximum Gasteiger partial charge on any atom is 0.0178 e. The molecule has 0 N–H and O–H groups in total. The number of hydrogen-bond acceptors (Lipinski definition) is 0. The highest BCUT2D eigenvalue weighted by atomic mass is 79.9. The standard InChI is InChI=1S/C21H17Br/c1-21(2)19-12-15(14-6-4-3-5-7-14)8-10-17(19)18-11-9-16(22)13-20(18)21/h3-13H,1-2H3. The van der Waals surface area contributed by atoms with Crippen LogP contribution in [0.3, 0.4) is 0 Å². The minimum Gasteiger partial charge on any atom is -0.0622 e. The van der Waals surface area contributed by atoms with Crippen molar-refractivity contribution in [1.82, 2.24) is 0 Å². The molecule has 3 aromatic carbocycles. The Balaban J connectivity index is 1.93. The summed E-state index contributed by atoms with van der Waals surface area (Å²) in [5.41, 5.74) is 8.16. The summed E-state index contributed by atoms with van der Waals surface area (Å²) >= 11 is 3.61. The zero-order chi connectivity index (χ0) is 15.3. The van der Waals surface area contributed by atoms with Crippen LogP contribution in [-0.4, -0.2) is 0 Å². The Labute approximate surface area is 140 Å². The maximum absolute atomic E-state index is 3.61. The Morgan fingerprint density at radius 3 is 2.05 bits per heavy atom. The third-order valence-electron chi connectivity index (χ3n) is 4.75. The Morgan fingerprint density at radius 1 is 0.682 bits per heavy atom. The molecule has 0 saturated carbocycles. The van der Waals surface area contributed by atoms with Crippen molar-refractivity contribution >= 4 is 15.9 Å². The third-order valence-corrected chi connectivity index (χ3v) is 5.24. The van der Waals surface area contributed by atoms with Crippen molar-refractivity contribution in [2.24, 2.45) is 0 Å². The average Bonchev–Trinajstić information content (AvgIpc) is 2.76. The SMILES string of the molecule is CC1(C)c2cc(Br)ccc2-c2ccc(-c3ccccc3)cc21. The zero-order valence-corrected chi connectivity index (χ0v) is 14.3. The molecular formula is C21H17Br. The molecule has 0 spiro atoms. The van der Waals surface area contributed by atoms with Gasteiger partial charge in [-0.05, 0) is 51.6 Å². The van der Waals surface area contributed by atoms with E-state index < -0.39 is 0 Å². The maximum atomic E-state index is 3.61. The topological polar surface area (TPSA) is 0 Å². The van der Waals surface area contributed by atoms with Crippen molar-refractivity contribution in [3.63, 3.8) is 0 Å². The van der Waals surface area contributed by atoms with Crippen LogP contribution in [0.5, 0.6) is 0 Å². The highest BCUT2D eigenvalue weighted by Crippen LogP contribution is 2.50. The summed E-state index contributed by atoms with van der Waals surface area (Å²) in [6.07, 6.45) is 0. The Hall–Kier alpha value is -1.86. The number of rotatable bonds is 1. The van der Waals surface area contributed by atoms with Crippen LogP contribution in [-0.2, 0) is 5.41 Å². The van der Waals surface area contributed by atoms with Crippen LogP contribution in [0.4, 0.5) is 0 Å². The second-order valence-electron chi connectivity index (χ2n) is 6.44. The van der Waals surface area contributed by atoms with Crippen LogP contribution in [0.1, 0.15) is 25.0 Å². The van der Waals surface area contributed by atoms with Gasteiger partial charge in [0.05, 0.1) is 0 Å². The molecule has 0 saturated heterocycles. The van der Waals surface area contributed by atoms with Crippen LogP contribution in [0.25, 0.3) is 22.3 Å². The van der Waals surface area contributed by atoms with Gasteiger partial charge in [0.15, 0.2) is 0 Å². The van der Waals surface area contributed by atoms with Crippen molar-refractivity contribution in [3.05, 3.63) is 82.3 Å². The molecule has 0 bridgehead atoms. The second kappa shape index (κ2) is 4.82. The summed E-state index contributed by atoms with van der Waals surface area (Å²) in [7, 11) is 0. The molecule has 108 valence electrons. The molecule has 0 nitrogen and oxygen atoms in total. The van der Waals surface area contributed by atoms with Gasteiger partial charge in [-0.2, -0.15) is 0 Å². The van der Waals surface area contributed by atoms with E-state index >= 15 is 0 Å². The highest BCUT2D eigenvalue weighted by Gasteiger charge is 2.35. The van der Waals surface area contributed by atoms with Crippen LogP contribution >= 0.6 is 15.9 Å². The van der Waals surface area contributed by atoms with E-state index in [0.29, 0.717) is 0 Å². The number of benzene rings is 3. The minimum absolute atomic E-state index is 0.0409. The molecular weight excluding hydrogens is 332 g/mol. The quantitative estimate of drug-likeness (QED) is 0.475. The number of fused-ring (bicyclic) bond motifs is 3. The van der Waals surface area contributed by atoms with Gasteiger partial charge in [0.1, 0.15) is 0 Å². The molecule has 0 radical (unpaired) electrons. The molecule has 4 rings (SSSR count). The molecule has 22 heavy (non-hydrogen) atoms. The summed E-state index contributed by atoms with van der Waals surface area (Å²) in [5, 5.41) is 0. The van der Waals surface area contributed by atoms with E-state index in [1.807, 2.05) is 0 Å². The van der Waals surface area contributed by atoms with Gasteiger partial charge >= 0.3 is 0 Å². The van der Waals surface area contributed by atoms with Crippen molar-refractivity contribution in [2.45, 2.75) is 19.3 Å². The van der Waals surface area contributed by atoms with Gasteiger partial charge in [0, 0.05) is 9.89 Å². The van der Waals surface area contributed by atoms with E-state index in [1.54, 1.807) is 0 Å². The average molecular weight is 349 g/mol. The Morgan fingerprint density at radius 2 is 1.32 bits per heavy atom. The second-order valence-corrected chi connectivity index (χ2v) is 7.36. The van der Waals surface area contributed by atoms with Gasteiger partial charge in [0.25, 0.3) is 0 Å². The van der Waals surface area contributed by atoms with E-state index in [1.165, 1.54) is 33.4 Å². The normalized spacial score (nSPS) is 14.5. The lowest BCUT2D eigenvalue weighted by Gasteiger charge is -2.22. The number of halogens is 1. The predicted octanol–water partition coefficient (Wildman–Crippen LogP) is 6.42. The fourth-order valence-corrected chi connectivity index (χ4v) is 3.88. The smallest absolute Gasteiger partial charge is 0.0178 e. The van der Waals surface area contributed by atoms with Crippen LogP contribution in [0.2, 0.25) is 0 Å². The lowest BCUT2D eigenvalue weighted by atomic mass is 9.81. The fraction of sp³-hybridized carbons (Fsp3) is 0.143. The first-order chi connectivity index (χ1) is 10.6. The predicted molar refractivity (Wildman–Crippen MR) is 97.1 cm³/mol. The summed E-state index contributed by atoms with van der Waals surface area (Å²) < 4.78 is 1.15. The van der Waals surface area contributed by atoms with Crippen molar-refractivity contribution < 1.29 is 0 Å². The molecule has 0 heterocycles. The van der Waals surface area contributed by atoms with Crippen molar-refractivity contribution in [3.8, 4) is 22.3 Å². The molecule has 0 amide bonds. The van der Waals surface area contributed by atoms with Gasteiger partial charge in [0.2, 0.25) is 0 Å². The first-order valence-electron chi connectivity index (χ1n) is 7.58.